The van der Waals surface area contributed by atoms with Crippen LogP contribution in [0, 0.1) is 0 Å². The summed E-state index contributed by atoms with van der Waals surface area (Å²) >= 11 is 11.8. The van der Waals surface area contributed by atoms with Gasteiger partial charge in [0.25, 0.3) is 5.56 Å². The summed E-state index contributed by atoms with van der Waals surface area (Å²) in [5.74, 6) is 0.109. The minimum Gasteiger partial charge on any atom is -0.488 e. The Morgan fingerprint density at radius 2 is 2.00 bits per heavy atom. The van der Waals surface area contributed by atoms with Gasteiger partial charge in [0.2, 0.25) is 0 Å². The van der Waals surface area contributed by atoms with E-state index in [0.29, 0.717) is 38.3 Å². The molecule has 1 aliphatic rings. The van der Waals surface area contributed by atoms with E-state index in [9.17, 15) is 9.59 Å². The second kappa shape index (κ2) is 7.06. The van der Waals surface area contributed by atoms with Crippen LogP contribution >= 0.6 is 23.2 Å². The fourth-order valence-electron chi connectivity index (χ4n) is 2.70. The molecule has 1 aliphatic heterocycles. The van der Waals surface area contributed by atoms with Crippen LogP contribution < -0.4 is 10.3 Å². The Morgan fingerprint density at radius 1 is 1.19 bits per heavy atom. The van der Waals surface area contributed by atoms with Crippen molar-refractivity contribution in [3.05, 3.63) is 79.8 Å². The van der Waals surface area contributed by atoms with Gasteiger partial charge in [0, 0.05) is 22.8 Å². The predicted octanol–water partition coefficient (Wildman–Crippen LogP) is 3.52. The minimum atomic E-state index is -0.543. The maximum absolute atomic E-state index is 12.3. The van der Waals surface area contributed by atoms with Crippen LogP contribution in [0.2, 0.25) is 10.0 Å². The smallest absolute Gasteiger partial charge is 0.337 e. The van der Waals surface area contributed by atoms with E-state index in [-0.39, 0.29) is 18.8 Å². The van der Waals surface area contributed by atoms with E-state index in [1.54, 1.807) is 36.4 Å². The molecular formula is C19H12Cl2N2O4. The van der Waals surface area contributed by atoms with Crippen LogP contribution in [0.3, 0.4) is 0 Å². The van der Waals surface area contributed by atoms with Gasteiger partial charge in [0.15, 0.2) is 0 Å². The molecule has 27 heavy (non-hydrogen) atoms. The highest BCUT2D eigenvalue weighted by Gasteiger charge is 2.19. The first-order valence-corrected chi connectivity index (χ1v) is 8.73. The average molecular weight is 403 g/mol. The highest BCUT2D eigenvalue weighted by molar-refractivity contribution is 6.31. The van der Waals surface area contributed by atoms with Crippen molar-refractivity contribution in [2.45, 2.75) is 6.61 Å². The first kappa shape index (κ1) is 17.6. The Balaban J connectivity index is 1.52. The molecular weight excluding hydrogens is 391 g/mol. The van der Waals surface area contributed by atoms with E-state index < -0.39 is 5.97 Å². The van der Waals surface area contributed by atoms with Gasteiger partial charge in [-0.3, -0.25) is 9.20 Å². The second-order valence-corrected chi connectivity index (χ2v) is 6.75. The van der Waals surface area contributed by atoms with Crippen LogP contribution in [0.15, 0.2) is 53.0 Å². The van der Waals surface area contributed by atoms with E-state index in [0.717, 1.165) is 0 Å². The summed E-state index contributed by atoms with van der Waals surface area (Å²) in [5, 5.41) is 0.972. The molecule has 0 radical (unpaired) electrons. The zero-order valence-corrected chi connectivity index (χ0v) is 15.3. The first-order chi connectivity index (χ1) is 13.0. The zero-order chi connectivity index (χ0) is 19.0. The largest absolute Gasteiger partial charge is 0.488 e. The number of hydrogen-bond donors (Lipinski definition) is 0. The van der Waals surface area contributed by atoms with Crippen molar-refractivity contribution in [2.75, 3.05) is 6.61 Å². The fraction of sp³-hybridized carbons (Fsp3) is 0.105. The number of nitrogens with zero attached hydrogens (tertiary/aromatic N) is 2. The normalized spacial score (nSPS) is 12.9. The molecule has 2 aromatic heterocycles. The summed E-state index contributed by atoms with van der Waals surface area (Å²) in [5.41, 5.74) is 1.52. The van der Waals surface area contributed by atoms with Crippen molar-refractivity contribution in [1.82, 2.24) is 9.38 Å². The molecule has 0 amide bonds. The topological polar surface area (TPSA) is 69.9 Å². The summed E-state index contributed by atoms with van der Waals surface area (Å²) in [6.45, 7) is -0.0350. The Kier molecular flexibility index (Phi) is 4.59. The SMILES string of the molecule is O=C(OCc1cc(=O)n2cc(Cl)ccc2n1)C1=Cc2cc(Cl)ccc2OC1. The lowest BCUT2D eigenvalue weighted by atomic mass is 10.1. The molecule has 0 bridgehead atoms. The van der Waals surface area contributed by atoms with Crippen molar-refractivity contribution in [3.8, 4) is 5.75 Å². The quantitative estimate of drug-likeness (QED) is 0.626. The zero-order valence-electron chi connectivity index (χ0n) is 13.8. The number of rotatable bonds is 3. The van der Waals surface area contributed by atoms with Gasteiger partial charge in [-0.1, -0.05) is 23.2 Å². The number of benzene rings is 1. The van der Waals surface area contributed by atoms with Crippen LogP contribution in [0.4, 0.5) is 0 Å². The van der Waals surface area contributed by atoms with Gasteiger partial charge in [0.05, 0.1) is 16.3 Å². The number of halogens is 2. The van der Waals surface area contributed by atoms with Gasteiger partial charge < -0.3 is 9.47 Å². The molecule has 0 saturated heterocycles. The van der Waals surface area contributed by atoms with E-state index in [1.165, 1.54) is 16.7 Å². The summed E-state index contributed by atoms with van der Waals surface area (Å²) in [4.78, 5) is 28.8. The molecule has 4 rings (SSSR count). The average Bonchev–Trinajstić information content (AvgIpc) is 2.66. The fourth-order valence-corrected chi connectivity index (χ4v) is 3.04. The van der Waals surface area contributed by atoms with Gasteiger partial charge in [0.1, 0.15) is 24.6 Å². The molecule has 1 aromatic carbocycles. The molecule has 136 valence electrons. The Hall–Kier alpha value is -2.83. The molecule has 3 heterocycles. The standard InChI is InChI=1S/C19H12Cl2N2O4/c20-13-1-3-16-11(6-13)5-12(9-26-16)19(25)27-10-15-7-18(24)23-8-14(21)2-4-17(23)22-15/h1-8H,9-10H2. The molecule has 0 unspecified atom stereocenters. The van der Waals surface area contributed by atoms with Crippen LogP contribution in [-0.4, -0.2) is 22.0 Å². The van der Waals surface area contributed by atoms with E-state index in [1.807, 2.05) is 0 Å². The maximum Gasteiger partial charge on any atom is 0.337 e. The molecule has 0 N–H and O–H groups in total. The molecule has 0 saturated carbocycles. The maximum atomic E-state index is 12.3. The second-order valence-electron chi connectivity index (χ2n) is 5.88. The number of carbonyl (C=O) groups excluding carboxylic acids is 1. The third-order valence-electron chi connectivity index (χ3n) is 3.97. The number of pyridine rings is 1. The number of ether oxygens (including phenoxy) is 2. The van der Waals surface area contributed by atoms with Crippen molar-refractivity contribution < 1.29 is 14.3 Å². The molecule has 0 fully saturated rings. The number of aromatic nitrogens is 2. The van der Waals surface area contributed by atoms with Crippen LogP contribution in [0.5, 0.6) is 5.75 Å². The van der Waals surface area contributed by atoms with Crippen LogP contribution in [0.1, 0.15) is 11.3 Å². The predicted molar refractivity (Wildman–Crippen MR) is 101 cm³/mol. The monoisotopic (exact) mass is 402 g/mol. The van der Waals surface area contributed by atoms with Gasteiger partial charge in [-0.25, -0.2) is 9.78 Å². The molecule has 0 aliphatic carbocycles. The van der Waals surface area contributed by atoms with Crippen LogP contribution in [-0.2, 0) is 16.1 Å². The molecule has 6 nitrogen and oxygen atoms in total. The lowest BCUT2D eigenvalue weighted by molar-refractivity contribution is -0.140. The van der Waals surface area contributed by atoms with Crippen molar-refractivity contribution in [2.24, 2.45) is 0 Å². The first-order valence-electron chi connectivity index (χ1n) is 7.97. The van der Waals surface area contributed by atoms with Crippen LogP contribution in [0.25, 0.3) is 11.7 Å². The van der Waals surface area contributed by atoms with Gasteiger partial charge in [-0.2, -0.15) is 0 Å². The Labute approximate surface area is 163 Å². The van der Waals surface area contributed by atoms with Crippen molar-refractivity contribution in [1.29, 1.82) is 0 Å². The third kappa shape index (κ3) is 3.67. The Morgan fingerprint density at radius 3 is 2.85 bits per heavy atom. The summed E-state index contributed by atoms with van der Waals surface area (Å²) < 4.78 is 12.2. The minimum absolute atomic E-state index is 0.0970. The molecule has 0 spiro atoms. The van der Waals surface area contributed by atoms with Crippen molar-refractivity contribution >= 4 is 40.9 Å². The van der Waals surface area contributed by atoms with Gasteiger partial charge in [-0.15, -0.1) is 0 Å². The highest BCUT2D eigenvalue weighted by atomic mass is 35.5. The molecule has 8 heteroatoms. The lowest BCUT2D eigenvalue weighted by Gasteiger charge is -2.17. The van der Waals surface area contributed by atoms with E-state index in [2.05, 4.69) is 4.98 Å². The van der Waals surface area contributed by atoms with Gasteiger partial charge in [-0.05, 0) is 36.4 Å². The number of carbonyl (C=O) groups is 1. The number of fused-ring (bicyclic) bond motifs is 2. The number of esters is 1. The van der Waals surface area contributed by atoms with Crippen molar-refractivity contribution in [3.63, 3.8) is 0 Å². The molecule has 0 atom stereocenters. The summed E-state index contributed by atoms with van der Waals surface area (Å²) in [7, 11) is 0. The Bertz CT molecular complexity index is 1150. The van der Waals surface area contributed by atoms with Gasteiger partial charge >= 0.3 is 5.97 Å². The summed E-state index contributed by atoms with van der Waals surface area (Å²) in [6.07, 6.45) is 3.16. The highest BCUT2D eigenvalue weighted by Crippen LogP contribution is 2.29. The summed E-state index contributed by atoms with van der Waals surface area (Å²) in [6, 6.07) is 9.72. The third-order valence-corrected chi connectivity index (χ3v) is 4.43. The lowest BCUT2D eigenvalue weighted by Crippen LogP contribution is -2.19. The van der Waals surface area contributed by atoms with E-state index >= 15 is 0 Å². The van der Waals surface area contributed by atoms with E-state index in [4.69, 9.17) is 32.7 Å². The molecule has 3 aromatic rings. The number of hydrogen-bond acceptors (Lipinski definition) is 5.